The standard InChI is InChI=1S/C19H19N3O4S4/c20-30(25,26)15-5-3-13(4-6-15)7-8-21-18(24)10-14-11-28-19(22-14)29-12-16(23)17-2-1-9-27-17/h1-6,9,11H,7-8,10,12H2,(H,21,24)(H2,20,25,26). The van der Waals surface area contributed by atoms with Crippen molar-refractivity contribution in [2.75, 3.05) is 12.3 Å². The third kappa shape index (κ3) is 6.74. The number of aromatic nitrogens is 1. The number of amides is 1. The van der Waals surface area contributed by atoms with Crippen molar-refractivity contribution in [2.45, 2.75) is 22.1 Å². The Morgan fingerprint density at radius 2 is 1.90 bits per heavy atom. The number of Topliss-reactive ketones (excluding diaryl/α,β-unsaturated/α-hetero) is 1. The van der Waals surface area contributed by atoms with E-state index in [0.29, 0.717) is 24.4 Å². The highest BCUT2D eigenvalue weighted by atomic mass is 32.2. The first-order valence-electron chi connectivity index (χ1n) is 8.83. The Kier molecular flexibility index (Phi) is 7.78. The quantitative estimate of drug-likeness (QED) is 0.339. The van der Waals surface area contributed by atoms with Crippen molar-refractivity contribution in [1.82, 2.24) is 10.3 Å². The summed E-state index contributed by atoms with van der Waals surface area (Å²) in [6.07, 6.45) is 0.736. The van der Waals surface area contributed by atoms with E-state index in [1.54, 1.807) is 18.2 Å². The van der Waals surface area contributed by atoms with E-state index in [0.717, 1.165) is 14.8 Å². The van der Waals surface area contributed by atoms with Crippen LogP contribution in [0.4, 0.5) is 0 Å². The molecule has 158 valence electrons. The largest absolute Gasteiger partial charge is 0.355 e. The molecule has 0 bridgehead atoms. The average molecular weight is 482 g/mol. The van der Waals surface area contributed by atoms with E-state index in [4.69, 9.17) is 5.14 Å². The average Bonchev–Trinajstić information content (AvgIpc) is 3.38. The highest BCUT2D eigenvalue weighted by Gasteiger charge is 2.12. The van der Waals surface area contributed by atoms with Gasteiger partial charge in [-0.05, 0) is 35.6 Å². The summed E-state index contributed by atoms with van der Waals surface area (Å²) in [6.45, 7) is 0.425. The van der Waals surface area contributed by atoms with E-state index >= 15 is 0 Å². The van der Waals surface area contributed by atoms with Crippen LogP contribution in [0.1, 0.15) is 20.9 Å². The van der Waals surface area contributed by atoms with Gasteiger partial charge in [0.25, 0.3) is 0 Å². The molecular weight excluding hydrogens is 462 g/mol. The van der Waals surface area contributed by atoms with Gasteiger partial charge in [0.1, 0.15) is 0 Å². The minimum atomic E-state index is -3.70. The second-order valence-electron chi connectivity index (χ2n) is 6.26. The number of sulfonamides is 1. The minimum absolute atomic E-state index is 0.0598. The molecule has 3 rings (SSSR count). The Morgan fingerprint density at radius 1 is 1.13 bits per heavy atom. The number of primary sulfonamides is 1. The van der Waals surface area contributed by atoms with E-state index < -0.39 is 10.0 Å². The molecule has 0 spiro atoms. The van der Waals surface area contributed by atoms with Crippen molar-refractivity contribution >= 4 is 56.1 Å². The van der Waals surface area contributed by atoms with Gasteiger partial charge in [0.2, 0.25) is 15.9 Å². The van der Waals surface area contributed by atoms with Gasteiger partial charge in [0, 0.05) is 11.9 Å². The number of carbonyl (C=O) groups excluding carboxylic acids is 2. The van der Waals surface area contributed by atoms with Crippen molar-refractivity contribution in [3.63, 3.8) is 0 Å². The number of hydrogen-bond acceptors (Lipinski definition) is 8. The maximum atomic E-state index is 12.1. The lowest BCUT2D eigenvalue weighted by Crippen LogP contribution is -2.27. The van der Waals surface area contributed by atoms with Crippen molar-refractivity contribution in [3.8, 4) is 0 Å². The molecule has 0 fully saturated rings. The zero-order valence-corrected chi connectivity index (χ0v) is 19.0. The molecule has 0 saturated heterocycles. The fourth-order valence-electron chi connectivity index (χ4n) is 2.49. The summed E-state index contributed by atoms with van der Waals surface area (Å²) < 4.78 is 23.3. The molecule has 1 aromatic carbocycles. The molecule has 0 aliphatic heterocycles. The number of nitrogens with two attached hydrogens (primary N) is 1. The number of nitrogens with one attached hydrogen (secondary N) is 1. The van der Waals surface area contributed by atoms with E-state index in [-0.39, 0.29) is 23.0 Å². The summed E-state index contributed by atoms with van der Waals surface area (Å²) in [5, 5.41) is 11.6. The molecule has 0 saturated carbocycles. The Bertz CT molecular complexity index is 1110. The van der Waals surface area contributed by atoms with Crippen LogP contribution in [-0.2, 0) is 27.7 Å². The maximum Gasteiger partial charge on any atom is 0.238 e. The highest BCUT2D eigenvalue weighted by Crippen LogP contribution is 2.24. The first-order valence-corrected chi connectivity index (χ1v) is 13.1. The third-order valence-corrected chi connectivity index (χ3v) is 7.89. The van der Waals surface area contributed by atoms with Gasteiger partial charge < -0.3 is 5.32 Å². The van der Waals surface area contributed by atoms with Crippen molar-refractivity contribution in [2.24, 2.45) is 5.14 Å². The summed E-state index contributed by atoms with van der Waals surface area (Å²) in [6, 6.07) is 9.90. The molecule has 2 heterocycles. The molecule has 2 aromatic heterocycles. The van der Waals surface area contributed by atoms with Crippen LogP contribution in [0, 0.1) is 0 Å². The van der Waals surface area contributed by atoms with Crippen molar-refractivity contribution in [1.29, 1.82) is 0 Å². The van der Waals surface area contributed by atoms with E-state index in [1.165, 1.54) is 46.6 Å². The van der Waals surface area contributed by atoms with Crippen LogP contribution in [0.2, 0.25) is 0 Å². The molecule has 7 nitrogen and oxygen atoms in total. The van der Waals surface area contributed by atoms with Crippen LogP contribution >= 0.6 is 34.4 Å². The van der Waals surface area contributed by atoms with Gasteiger partial charge in [-0.25, -0.2) is 18.5 Å². The first-order chi connectivity index (χ1) is 14.3. The molecule has 3 N–H and O–H groups in total. The fourth-order valence-corrected chi connectivity index (χ4v) is 5.49. The van der Waals surface area contributed by atoms with Gasteiger partial charge in [-0.15, -0.1) is 22.7 Å². The second-order valence-corrected chi connectivity index (χ2v) is 10.8. The van der Waals surface area contributed by atoms with Gasteiger partial charge in [0.15, 0.2) is 10.1 Å². The number of thiophene rings is 1. The van der Waals surface area contributed by atoms with E-state index in [1.807, 2.05) is 16.8 Å². The molecule has 0 radical (unpaired) electrons. The van der Waals surface area contributed by atoms with Crippen LogP contribution in [0.25, 0.3) is 0 Å². The Balaban J connectivity index is 1.40. The molecule has 3 aromatic rings. The Hall–Kier alpha value is -2.05. The monoisotopic (exact) mass is 481 g/mol. The summed E-state index contributed by atoms with van der Waals surface area (Å²) in [5.74, 6) is 0.249. The number of thioether (sulfide) groups is 1. The number of benzene rings is 1. The number of hydrogen-bond donors (Lipinski definition) is 2. The van der Waals surface area contributed by atoms with Crippen molar-refractivity contribution in [3.05, 3.63) is 63.3 Å². The Morgan fingerprint density at radius 3 is 2.57 bits per heavy atom. The zero-order chi connectivity index (χ0) is 21.6. The van der Waals surface area contributed by atoms with Gasteiger partial charge in [0.05, 0.1) is 27.6 Å². The topological polar surface area (TPSA) is 119 Å². The number of nitrogens with zero attached hydrogens (tertiary/aromatic N) is 1. The lowest BCUT2D eigenvalue weighted by atomic mass is 10.1. The van der Waals surface area contributed by atoms with Crippen LogP contribution in [0.5, 0.6) is 0 Å². The predicted octanol–water partition coefficient (Wildman–Crippen LogP) is 2.73. The van der Waals surface area contributed by atoms with Crippen LogP contribution < -0.4 is 10.5 Å². The number of ketones is 1. The molecule has 0 unspecified atom stereocenters. The predicted molar refractivity (Wildman–Crippen MR) is 120 cm³/mol. The molecular formula is C19H19N3O4S4. The molecule has 0 atom stereocenters. The normalized spacial score (nSPS) is 11.4. The lowest BCUT2D eigenvalue weighted by Gasteiger charge is -2.05. The zero-order valence-electron chi connectivity index (χ0n) is 15.7. The highest BCUT2D eigenvalue weighted by molar-refractivity contribution is 8.01. The van der Waals surface area contributed by atoms with Crippen molar-refractivity contribution < 1.29 is 18.0 Å². The molecule has 0 aliphatic rings. The SMILES string of the molecule is NS(=O)(=O)c1ccc(CCNC(=O)Cc2csc(SCC(=O)c3cccs3)n2)cc1. The summed E-state index contributed by atoms with van der Waals surface area (Å²) >= 11 is 4.21. The minimum Gasteiger partial charge on any atom is -0.355 e. The van der Waals surface area contributed by atoms with Gasteiger partial charge in [-0.2, -0.15) is 0 Å². The third-order valence-electron chi connectivity index (χ3n) is 3.98. The smallest absolute Gasteiger partial charge is 0.238 e. The first kappa shape index (κ1) is 22.6. The fraction of sp³-hybridized carbons (Fsp3) is 0.211. The second kappa shape index (κ2) is 10.3. The molecule has 0 aliphatic carbocycles. The molecule has 30 heavy (non-hydrogen) atoms. The van der Waals surface area contributed by atoms with Gasteiger partial charge in [-0.1, -0.05) is 30.0 Å². The number of thiazole rings is 1. The molecule has 11 heteroatoms. The van der Waals surface area contributed by atoms with E-state index in [2.05, 4.69) is 10.3 Å². The van der Waals surface area contributed by atoms with Crippen LogP contribution in [-0.4, -0.2) is 37.4 Å². The summed E-state index contributed by atoms with van der Waals surface area (Å²) in [4.78, 5) is 29.3. The Labute approximate surface area is 186 Å². The van der Waals surface area contributed by atoms with Gasteiger partial charge in [-0.3, -0.25) is 9.59 Å². The lowest BCUT2D eigenvalue weighted by molar-refractivity contribution is -0.120. The van der Waals surface area contributed by atoms with Gasteiger partial charge >= 0.3 is 0 Å². The van der Waals surface area contributed by atoms with E-state index in [9.17, 15) is 18.0 Å². The molecule has 1 amide bonds. The number of carbonyl (C=O) groups is 2. The maximum absolute atomic E-state index is 12.1. The number of rotatable bonds is 10. The summed E-state index contributed by atoms with van der Waals surface area (Å²) in [7, 11) is -3.70. The summed E-state index contributed by atoms with van der Waals surface area (Å²) in [5.41, 5.74) is 1.56. The van der Waals surface area contributed by atoms with Crippen LogP contribution in [0.15, 0.2) is 56.4 Å². The van der Waals surface area contributed by atoms with Crippen LogP contribution in [0.3, 0.4) is 0 Å².